The number of methoxy groups -OCH3 is 1. The zero-order valence-corrected chi connectivity index (χ0v) is 13.8. The van der Waals surface area contributed by atoms with Crippen molar-refractivity contribution in [3.05, 3.63) is 65.7 Å². The maximum atomic E-state index is 7.89. The summed E-state index contributed by atoms with van der Waals surface area (Å²) < 4.78 is 5.28. The topological polar surface area (TPSA) is 62.3 Å². The van der Waals surface area contributed by atoms with E-state index in [1.54, 1.807) is 7.11 Å². The molecule has 1 unspecified atom stereocenters. The van der Waals surface area contributed by atoms with Crippen molar-refractivity contribution < 1.29 is 4.74 Å². The van der Waals surface area contributed by atoms with Crippen molar-refractivity contribution in [3.8, 4) is 5.75 Å². The Balaban J connectivity index is 2.01. The molecule has 4 nitrogen and oxygen atoms in total. The number of hydrogen-bond acceptors (Lipinski definition) is 2. The predicted molar refractivity (Wildman–Crippen MR) is 94.8 cm³/mol. The van der Waals surface area contributed by atoms with Crippen LogP contribution >= 0.6 is 0 Å². The molecule has 122 valence electrons. The zero-order valence-electron chi connectivity index (χ0n) is 13.8. The van der Waals surface area contributed by atoms with Gasteiger partial charge in [0.15, 0.2) is 5.96 Å². The van der Waals surface area contributed by atoms with Crippen LogP contribution < -0.4 is 10.5 Å². The fourth-order valence-electron chi connectivity index (χ4n) is 2.70. The Morgan fingerprint density at radius 3 is 2.57 bits per heavy atom. The second-order valence-corrected chi connectivity index (χ2v) is 5.62. The van der Waals surface area contributed by atoms with Crippen LogP contribution in [0.2, 0.25) is 0 Å². The molecule has 3 N–H and O–H groups in total. The van der Waals surface area contributed by atoms with Crippen LogP contribution in [0, 0.1) is 5.41 Å². The average molecular weight is 311 g/mol. The molecule has 0 saturated carbocycles. The van der Waals surface area contributed by atoms with Crippen LogP contribution in [0.25, 0.3) is 0 Å². The first kappa shape index (κ1) is 16.9. The molecule has 23 heavy (non-hydrogen) atoms. The first-order chi connectivity index (χ1) is 11.1. The Morgan fingerprint density at radius 2 is 1.91 bits per heavy atom. The fraction of sp³-hybridized carbons (Fsp3) is 0.316. The molecule has 0 aromatic heterocycles. The highest BCUT2D eigenvalue weighted by Gasteiger charge is 2.17. The minimum atomic E-state index is 0.0402. The minimum absolute atomic E-state index is 0.0402. The number of ether oxygens (including phenoxy) is 1. The van der Waals surface area contributed by atoms with E-state index in [4.69, 9.17) is 15.9 Å². The summed E-state index contributed by atoms with van der Waals surface area (Å²) >= 11 is 0. The molecular weight excluding hydrogens is 286 g/mol. The minimum Gasteiger partial charge on any atom is -0.497 e. The first-order valence-corrected chi connectivity index (χ1v) is 7.90. The van der Waals surface area contributed by atoms with Gasteiger partial charge >= 0.3 is 0 Å². The molecule has 0 aliphatic rings. The molecule has 4 heteroatoms. The number of hydrogen-bond donors (Lipinski definition) is 2. The SMILES string of the molecule is COc1cccc(C(C)N(CCCc2ccccc2)C(=N)N)c1. The van der Waals surface area contributed by atoms with Gasteiger partial charge in [0, 0.05) is 6.54 Å². The summed E-state index contributed by atoms with van der Waals surface area (Å²) in [5, 5.41) is 7.89. The highest BCUT2D eigenvalue weighted by atomic mass is 16.5. The number of nitrogens with zero attached hydrogens (tertiary/aromatic N) is 1. The number of nitrogens with two attached hydrogens (primary N) is 1. The van der Waals surface area contributed by atoms with Gasteiger partial charge in [-0.25, -0.2) is 0 Å². The molecule has 0 heterocycles. The molecule has 2 aromatic rings. The van der Waals surface area contributed by atoms with Gasteiger partial charge in [-0.2, -0.15) is 0 Å². The molecule has 0 aliphatic heterocycles. The van der Waals surface area contributed by atoms with Gasteiger partial charge in [-0.15, -0.1) is 0 Å². The number of rotatable bonds is 7. The molecule has 0 radical (unpaired) electrons. The summed E-state index contributed by atoms with van der Waals surface area (Å²) in [6, 6.07) is 18.4. The van der Waals surface area contributed by atoms with Gasteiger partial charge in [-0.1, -0.05) is 42.5 Å². The van der Waals surface area contributed by atoms with Crippen molar-refractivity contribution in [2.75, 3.05) is 13.7 Å². The maximum absolute atomic E-state index is 7.89. The number of benzene rings is 2. The van der Waals surface area contributed by atoms with Crippen molar-refractivity contribution in [1.29, 1.82) is 5.41 Å². The number of guanidine groups is 1. The van der Waals surface area contributed by atoms with Crippen LogP contribution in [0.4, 0.5) is 0 Å². The van der Waals surface area contributed by atoms with Crippen molar-refractivity contribution in [2.24, 2.45) is 5.73 Å². The van der Waals surface area contributed by atoms with Gasteiger partial charge < -0.3 is 15.4 Å². The fourth-order valence-corrected chi connectivity index (χ4v) is 2.70. The average Bonchev–Trinajstić information content (AvgIpc) is 2.59. The third kappa shape index (κ3) is 4.74. The van der Waals surface area contributed by atoms with Crippen molar-refractivity contribution in [2.45, 2.75) is 25.8 Å². The number of nitrogens with one attached hydrogen (secondary N) is 1. The molecule has 0 fully saturated rings. The second kappa shape index (κ2) is 8.22. The van der Waals surface area contributed by atoms with Gasteiger partial charge in [0.25, 0.3) is 0 Å². The highest BCUT2D eigenvalue weighted by molar-refractivity contribution is 5.75. The summed E-state index contributed by atoms with van der Waals surface area (Å²) in [6.45, 7) is 2.82. The van der Waals surface area contributed by atoms with Crippen LogP contribution in [-0.2, 0) is 6.42 Å². The van der Waals surface area contributed by atoms with E-state index < -0.39 is 0 Å². The molecule has 1 atom stereocenters. The zero-order chi connectivity index (χ0) is 16.7. The monoisotopic (exact) mass is 311 g/mol. The third-order valence-corrected chi connectivity index (χ3v) is 4.06. The Kier molecular flexibility index (Phi) is 6.03. The van der Waals surface area contributed by atoms with Crippen molar-refractivity contribution in [1.82, 2.24) is 4.90 Å². The maximum Gasteiger partial charge on any atom is 0.188 e. The van der Waals surface area contributed by atoms with E-state index in [0.717, 1.165) is 30.7 Å². The summed E-state index contributed by atoms with van der Waals surface area (Å²) in [5.74, 6) is 0.926. The Hall–Kier alpha value is -2.49. The second-order valence-electron chi connectivity index (χ2n) is 5.62. The lowest BCUT2D eigenvalue weighted by atomic mass is 10.1. The first-order valence-electron chi connectivity index (χ1n) is 7.90. The third-order valence-electron chi connectivity index (χ3n) is 4.06. The molecular formula is C19H25N3O. The smallest absolute Gasteiger partial charge is 0.188 e. The van der Waals surface area contributed by atoms with Gasteiger partial charge in [0.1, 0.15) is 5.75 Å². The molecule has 0 spiro atoms. The van der Waals surface area contributed by atoms with E-state index in [1.807, 2.05) is 35.2 Å². The van der Waals surface area contributed by atoms with Crippen LogP contribution in [0.15, 0.2) is 54.6 Å². The molecule has 2 aromatic carbocycles. The van der Waals surface area contributed by atoms with Crippen molar-refractivity contribution in [3.63, 3.8) is 0 Å². The van der Waals surface area contributed by atoms with Crippen LogP contribution in [-0.4, -0.2) is 24.5 Å². The van der Waals surface area contributed by atoms with Gasteiger partial charge in [-0.05, 0) is 43.0 Å². The standard InChI is InChI=1S/C19H25N3O/c1-15(17-11-6-12-18(14-17)23-2)22(19(20)21)13-7-10-16-8-4-3-5-9-16/h3-6,8-9,11-12,14-15H,7,10,13H2,1-2H3,(H3,20,21). The van der Waals surface area contributed by atoms with E-state index in [9.17, 15) is 0 Å². The van der Waals surface area contributed by atoms with E-state index in [2.05, 4.69) is 31.2 Å². The van der Waals surface area contributed by atoms with Crippen molar-refractivity contribution >= 4 is 5.96 Å². The summed E-state index contributed by atoms with van der Waals surface area (Å²) in [7, 11) is 1.66. The molecule has 0 bridgehead atoms. The lowest BCUT2D eigenvalue weighted by Crippen LogP contribution is -2.39. The predicted octanol–water partition coefficient (Wildman–Crippen LogP) is 3.58. The Bertz CT molecular complexity index is 628. The number of aryl methyl sites for hydroxylation is 1. The quantitative estimate of drug-likeness (QED) is 0.607. The molecule has 0 amide bonds. The van der Waals surface area contributed by atoms with E-state index in [0.29, 0.717) is 0 Å². The van der Waals surface area contributed by atoms with Gasteiger partial charge in [0.2, 0.25) is 0 Å². The van der Waals surface area contributed by atoms with Gasteiger partial charge in [0.05, 0.1) is 13.2 Å². The van der Waals surface area contributed by atoms with Crippen LogP contribution in [0.5, 0.6) is 5.75 Å². The largest absolute Gasteiger partial charge is 0.497 e. The summed E-state index contributed by atoms with van der Waals surface area (Å²) in [6.07, 6.45) is 1.94. The lowest BCUT2D eigenvalue weighted by Gasteiger charge is -2.30. The van der Waals surface area contributed by atoms with E-state index >= 15 is 0 Å². The molecule has 2 rings (SSSR count). The Labute approximate surface area is 138 Å². The summed E-state index contributed by atoms with van der Waals surface area (Å²) in [5.41, 5.74) is 8.21. The Morgan fingerprint density at radius 1 is 1.17 bits per heavy atom. The molecule has 0 saturated heterocycles. The lowest BCUT2D eigenvalue weighted by molar-refractivity contribution is 0.324. The van der Waals surface area contributed by atoms with Crippen LogP contribution in [0.1, 0.15) is 30.5 Å². The van der Waals surface area contributed by atoms with Gasteiger partial charge in [-0.3, -0.25) is 5.41 Å². The normalized spacial score (nSPS) is 11.7. The summed E-state index contributed by atoms with van der Waals surface area (Å²) in [4.78, 5) is 1.93. The highest BCUT2D eigenvalue weighted by Crippen LogP contribution is 2.24. The van der Waals surface area contributed by atoms with E-state index in [-0.39, 0.29) is 12.0 Å². The van der Waals surface area contributed by atoms with Crippen LogP contribution in [0.3, 0.4) is 0 Å². The molecule has 0 aliphatic carbocycles. The van der Waals surface area contributed by atoms with E-state index in [1.165, 1.54) is 5.56 Å².